The van der Waals surface area contributed by atoms with Gasteiger partial charge in [0.2, 0.25) is 0 Å². The van der Waals surface area contributed by atoms with Gasteiger partial charge in [-0.25, -0.2) is 0 Å². The Balaban J connectivity index is 2.77. The van der Waals surface area contributed by atoms with Crippen LogP contribution in [0.2, 0.25) is 0 Å². The van der Waals surface area contributed by atoms with Crippen LogP contribution < -0.4 is 11.5 Å². The number of anilines is 1. The van der Waals surface area contributed by atoms with Gasteiger partial charge in [0, 0.05) is 18.8 Å². The Morgan fingerprint density at radius 3 is 2.64 bits per heavy atom. The molecule has 0 aliphatic rings. The van der Waals surface area contributed by atoms with Crippen LogP contribution in [0.15, 0.2) is 6.20 Å². The van der Waals surface area contributed by atoms with E-state index in [0.717, 1.165) is 0 Å². The highest BCUT2D eigenvalue weighted by molar-refractivity contribution is 5.39. The van der Waals surface area contributed by atoms with Crippen LogP contribution in [-0.4, -0.2) is 32.6 Å². The molecule has 0 radical (unpaired) electrons. The molecule has 6 heteroatoms. The van der Waals surface area contributed by atoms with Gasteiger partial charge in [-0.2, -0.15) is 5.10 Å². The zero-order valence-corrected chi connectivity index (χ0v) is 8.09. The molecule has 0 saturated carbocycles. The number of aromatic nitrogens is 2. The van der Waals surface area contributed by atoms with Gasteiger partial charge in [-0.3, -0.25) is 4.68 Å². The summed E-state index contributed by atoms with van der Waals surface area (Å²) in [5.74, 6) is 0.232. The fourth-order valence-electron chi connectivity index (χ4n) is 1.29. The maximum absolute atomic E-state index is 9.68. The quantitative estimate of drug-likeness (QED) is 0.485. The summed E-state index contributed by atoms with van der Waals surface area (Å²) in [6, 6.07) is 0. The first-order valence-electron chi connectivity index (χ1n) is 4.41. The highest BCUT2D eigenvalue weighted by Crippen LogP contribution is 2.22. The first kappa shape index (κ1) is 11.0. The zero-order chi connectivity index (χ0) is 10.7. The SMILES string of the molecule is Cn1cc(C(O)C(O)CCN)c(N)n1. The lowest BCUT2D eigenvalue weighted by Crippen LogP contribution is -2.22. The minimum Gasteiger partial charge on any atom is -0.390 e. The molecule has 0 bridgehead atoms. The van der Waals surface area contributed by atoms with Gasteiger partial charge in [0.05, 0.1) is 6.10 Å². The molecule has 1 heterocycles. The number of rotatable bonds is 4. The fourth-order valence-corrected chi connectivity index (χ4v) is 1.29. The van der Waals surface area contributed by atoms with Crippen LogP contribution >= 0.6 is 0 Å². The number of aryl methyl sites for hydroxylation is 1. The molecule has 2 unspecified atom stereocenters. The molecule has 0 aliphatic heterocycles. The monoisotopic (exact) mass is 200 g/mol. The molecule has 0 aliphatic carbocycles. The topological polar surface area (TPSA) is 110 Å². The zero-order valence-electron chi connectivity index (χ0n) is 8.09. The molecule has 1 rings (SSSR count). The van der Waals surface area contributed by atoms with Crippen LogP contribution in [-0.2, 0) is 7.05 Å². The van der Waals surface area contributed by atoms with Crippen LogP contribution in [0.4, 0.5) is 5.82 Å². The summed E-state index contributed by atoms with van der Waals surface area (Å²) in [6.45, 7) is 0.318. The third-order valence-electron chi connectivity index (χ3n) is 2.03. The van der Waals surface area contributed by atoms with Gasteiger partial charge in [-0.15, -0.1) is 0 Å². The van der Waals surface area contributed by atoms with Gasteiger partial charge in [-0.1, -0.05) is 0 Å². The predicted molar refractivity (Wildman–Crippen MR) is 52.3 cm³/mol. The fraction of sp³-hybridized carbons (Fsp3) is 0.625. The number of aliphatic hydroxyl groups excluding tert-OH is 2. The van der Waals surface area contributed by atoms with E-state index in [0.29, 0.717) is 18.5 Å². The molecule has 6 nitrogen and oxygen atoms in total. The highest BCUT2D eigenvalue weighted by atomic mass is 16.3. The lowest BCUT2D eigenvalue weighted by Gasteiger charge is -2.15. The summed E-state index contributed by atoms with van der Waals surface area (Å²) in [6.07, 6.45) is -0.00588. The molecular formula is C8H16N4O2. The average Bonchev–Trinajstić information content (AvgIpc) is 2.44. The van der Waals surface area contributed by atoms with E-state index in [9.17, 15) is 10.2 Å². The third kappa shape index (κ3) is 2.22. The van der Waals surface area contributed by atoms with Crippen molar-refractivity contribution in [2.45, 2.75) is 18.6 Å². The summed E-state index contributed by atoms with van der Waals surface area (Å²) < 4.78 is 1.49. The Kier molecular flexibility index (Phi) is 3.45. The van der Waals surface area contributed by atoms with Gasteiger partial charge >= 0.3 is 0 Å². The van der Waals surface area contributed by atoms with E-state index in [1.54, 1.807) is 13.2 Å². The number of nitrogens with zero attached hydrogens (tertiary/aromatic N) is 2. The van der Waals surface area contributed by atoms with Crippen molar-refractivity contribution in [3.8, 4) is 0 Å². The second-order valence-corrected chi connectivity index (χ2v) is 3.23. The molecule has 6 N–H and O–H groups in total. The summed E-state index contributed by atoms with van der Waals surface area (Å²) >= 11 is 0. The first-order chi connectivity index (χ1) is 6.56. The van der Waals surface area contributed by atoms with Crippen molar-refractivity contribution in [3.63, 3.8) is 0 Å². The van der Waals surface area contributed by atoms with Gasteiger partial charge in [0.25, 0.3) is 0 Å². The number of nitrogens with two attached hydrogens (primary N) is 2. The van der Waals surface area contributed by atoms with Crippen LogP contribution in [0.3, 0.4) is 0 Å². The molecule has 1 aromatic heterocycles. The number of aliphatic hydroxyl groups is 2. The molecule has 0 fully saturated rings. The Labute approximate surface area is 82.1 Å². The van der Waals surface area contributed by atoms with Gasteiger partial charge in [0.1, 0.15) is 6.10 Å². The van der Waals surface area contributed by atoms with Crippen molar-refractivity contribution in [2.75, 3.05) is 12.3 Å². The van der Waals surface area contributed by atoms with Gasteiger partial charge in [0.15, 0.2) is 5.82 Å². The summed E-state index contributed by atoms with van der Waals surface area (Å²) in [4.78, 5) is 0. The van der Waals surface area contributed by atoms with E-state index in [1.807, 2.05) is 0 Å². The lowest BCUT2D eigenvalue weighted by atomic mass is 10.1. The van der Waals surface area contributed by atoms with Crippen LogP contribution in [0.1, 0.15) is 18.1 Å². The third-order valence-corrected chi connectivity index (χ3v) is 2.03. The van der Waals surface area contributed by atoms with Crippen molar-refractivity contribution in [1.82, 2.24) is 9.78 Å². The molecule has 0 spiro atoms. The molecular weight excluding hydrogens is 184 g/mol. The van der Waals surface area contributed by atoms with Crippen LogP contribution in [0, 0.1) is 0 Å². The Hall–Kier alpha value is -1.11. The van der Waals surface area contributed by atoms with Crippen LogP contribution in [0.5, 0.6) is 0 Å². The number of hydrogen-bond acceptors (Lipinski definition) is 5. The van der Waals surface area contributed by atoms with E-state index in [1.165, 1.54) is 4.68 Å². The highest BCUT2D eigenvalue weighted by Gasteiger charge is 2.21. The van der Waals surface area contributed by atoms with E-state index in [4.69, 9.17) is 11.5 Å². The summed E-state index contributed by atoms with van der Waals surface area (Å²) in [5.41, 5.74) is 11.2. The number of hydrogen-bond donors (Lipinski definition) is 4. The van der Waals surface area contributed by atoms with Crippen molar-refractivity contribution >= 4 is 5.82 Å². The molecule has 2 atom stereocenters. The molecule has 0 amide bonds. The van der Waals surface area contributed by atoms with Crippen LogP contribution in [0.25, 0.3) is 0 Å². The van der Waals surface area contributed by atoms with Crippen molar-refractivity contribution in [3.05, 3.63) is 11.8 Å². The molecule has 0 aromatic carbocycles. The smallest absolute Gasteiger partial charge is 0.151 e. The Morgan fingerprint density at radius 1 is 1.57 bits per heavy atom. The Bertz CT molecular complexity index is 300. The van der Waals surface area contributed by atoms with Crippen molar-refractivity contribution in [2.24, 2.45) is 12.8 Å². The van der Waals surface area contributed by atoms with E-state index in [2.05, 4.69) is 5.10 Å². The number of nitrogen functional groups attached to an aromatic ring is 1. The van der Waals surface area contributed by atoms with Gasteiger partial charge < -0.3 is 21.7 Å². The molecule has 1 aromatic rings. The standard InChI is InChI=1S/C8H16N4O2/c1-12-4-5(8(10)11-12)7(14)6(13)2-3-9/h4,6-7,13-14H,2-3,9H2,1H3,(H2,10,11). The van der Waals surface area contributed by atoms with E-state index < -0.39 is 12.2 Å². The maximum Gasteiger partial charge on any atom is 0.151 e. The Morgan fingerprint density at radius 2 is 2.21 bits per heavy atom. The first-order valence-corrected chi connectivity index (χ1v) is 4.41. The molecule has 80 valence electrons. The molecule has 14 heavy (non-hydrogen) atoms. The second kappa shape index (κ2) is 4.41. The minimum atomic E-state index is -1.02. The largest absolute Gasteiger partial charge is 0.390 e. The second-order valence-electron chi connectivity index (χ2n) is 3.23. The van der Waals surface area contributed by atoms with Gasteiger partial charge in [-0.05, 0) is 13.0 Å². The maximum atomic E-state index is 9.68. The molecule has 0 saturated heterocycles. The van der Waals surface area contributed by atoms with Crippen molar-refractivity contribution in [1.29, 1.82) is 0 Å². The summed E-state index contributed by atoms with van der Waals surface area (Å²) in [7, 11) is 1.70. The summed E-state index contributed by atoms with van der Waals surface area (Å²) in [5, 5.41) is 23.0. The van der Waals surface area contributed by atoms with E-state index in [-0.39, 0.29) is 5.82 Å². The average molecular weight is 200 g/mol. The lowest BCUT2D eigenvalue weighted by molar-refractivity contribution is 0.0154. The normalized spacial score (nSPS) is 15.4. The van der Waals surface area contributed by atoms with E-state index >= 15 is 0 Å². The van der Waals surface area contributed by atoms with Crippen molar-refractivity contribution < 1.29 is 10.2 Å². The minimum absolute atomic E-state index is 0.232. The predicted octanol–water partition coefficient (Wildman–Crippen LogP) is -1.25.